The Kier molecular flexibility index (Phi) is 2.84. The molecular weight excluding hydrogens is 198 g/mol. The van der Waals surface area contributed by atoms with Gasteiger partial charge >= 0.3 is 0 Å². The average Bonchev–Trinajstić information content (AvgIpc) is 3.01. The Balaban J connectivity index is 2.13. The van der Waals surface area contributed by atoms with Gasteiger partial charge in [0.1, 0.15) is 0 Å². The Bertz CT molecular complexity index is 295. The van der Waals surface area contributed by atoms with E-state index in [1.807, 2.05) is 0 Å². The van der Waals surface area contributed by atoms with Gasteiger partial charge in [-0.25, -0.2) is 13.1 Å². The van der Waals surface area contributed by atoms with Crippen LogP contribution in [0.1, 0.15) is 38.5 Å². The first kappa shape index (κ1) is 10.4. The standard InChI is InChI=1S/C10H19NO2S/c1-11-14(12,13)10-5-3-2-4-9(10)8-6-7-8/h8-11H,2-7H2,1H3. The van der Waals surface area contributed by atoms with Crippen molar-refractivity contribution >= 4 is 10.0 Å². The maximum atomic E-state index is 11.8. The van der Waals surface area contributed by atoms with Gasteiger partial charge in [0, 0.05) is 0 Å². The highest BCUT2D eigenvalue weighted by atomic mass is 32.2. The Labute approximate surface area is 86.3 Å². The number of hydrogen-bond acceptors (Lipinski definition) is 2. The molecule has 2 unspecified atom stereocenters. The summed E-state index contributed by atoms with van der Waals surface area (Å²) >= 11 is 0. The monoisotopic (exact) mass is 217 g/mol. The molecule has 14 heavy (non-hydrogen) atoms. The van der Waals surface area contributed by atoms with E-state index >= 15 is 0 Å². The third kappa shape index (κ3) is 1.96. The molecule has 82 valence electrons. The first-order valence-electron chi connectivity index (χ1n) is 5.57. The van der Waals surface area contributed by atoms with Gasteiger partial charge in [0.15, 0.2) is 0 Å². The van der Waals surface area contributed by atoms with Crippen LogP contribution in [0.15, 0.2) is 0 Å². The molecule has 0 heterocycles. The summed E-state index contributed by atoms with van der Waals surface area (Å²) in [4.78, 5) is 0. The van der Waals surface area contributed by atoms with Crippen molar-refractivity contribution in [3.63, 3.8) is 0 Å². The molecule has 2 rings (SSSR count). The van der Waals surface area contributed by atoms with Crippen molar-refractivity contribution in [2.75, 3.05) is 7.05 Å². The normalized spacial score (nSPS) is 34.4. The molecule has 0 aromatic carbocycles. The summed E-state index contributed by atoms with van der Waals surface area (Å²) < 4.78 is 26.1. The van der Waals surface area contributed by atoms with E-state index in [2.05, 4.69) is 4.72 Å². The van der Waals surface area contributed by atoms with Gasteiger partial charge in [-0.1, -0.05) is 12.8 Å². The topological polar surface area (TPSA) is 46.2 Å². The fourth-order valence-corrected chi connectivity index (χ4v) is 4.32. The lowest BCUT2D eigenvalue weighted by Gasteiger charge is -2.30. The highest BCUT2D eigenvalue weighted by Crippen LogP contribution is 2.45. The van der Waals surface area contributed by atoms with E-state index < -0.39 is 10.0 Å². The number of hydrogen-bond donors (Lipinski definition) is 1. The molecule has 0 saturated heterocycles. The predicted octanol–water partition coefficient (Wildman–Crippen LogP) is 1.50. The van der Waals surface area contributed by atoms with E-state index in [1.165, 1.54) is 26.3 Å². The predicted molar refractivity (Wildman–Crippen MR) is 56.4 cm³/mol. The Hall–Kier alpha value is -0.0900. The summed E-state index contributed by atoms with van der Waals surface area (Å²) in [6, 6.07) is 0. The van der Waals surface area contributed by atoms with Gasteiger partial charge in [0.05, 0.1) is 5.25 Å². The van der Waals surface area contributed by atoms with Crippen molar-refractivity contribution in [3.05, 3.63) is 0 Å². The summed E-state index contributed by atoms with van der Waals surface area (Å²) in [6.07, 6.45) is 6.78. The van der Waals surface area contributed by atoms with Crippen LogP contribution < -0.4 is 4.72 Å². The van der Waals surface area contributed by atoms with Gasteiger partial charge in [0.25, 0.3) is 0 Å². The molecule has 2 aliphatic rings. The molecule has 2 atom stereocenters. The van der Waals surface area contributed by atoms with Gasteiger partial charge in [-0.3, -0.25) is 0 Å². The second kappa shape index (κ2) is 3.81. The summed E-state index contributed by atoms with van der Waals surface area (Å²) in [5.41, 5.74) is 0. The van der Waals surface area contributed by atoms with E-state index in [0.717, 1.165) is 19.3 Å². The molecule has 2 aliphatic carbocycles. The summed E-state index contributed by atoms with van der Waals surface area (Å²) in [7, 11) is -1.49. The molecule has 2 fully saturated rings. The Morgan fingerprint density at radius 3 is 2.29 bits per heavy atom. The van der Waals surface area contributed by atoms with Crippen LogP contribution in [0.2, 0.25) is 0 Å². The van der Waals surface area contributed by atoms with Crippen molar-refractivity contribution < 1.29 is 8.42 Å². The van der Waals surface area contributed by atoms with E-state index in [1.54, 1.807) is 0 Å². The SMILES string of the molecule is CNS(=O)(=O)C1CCCCC1C1CC1. The molecule has 1 N–H and O–H groups in total. The van der Waals surface area contributed by atoms with Gasteiger partial charge in [-0.05, 0) is 44.6 Å². The molecule has 0 amide bonds. The maximum absolute atomic E-state index is 11.8. The minimum atomic E-state index is -3.03. The van der Waals surface area contributed by atoms with Crippen LogP contribution in [0, 0.1) is 11.8 Å². The zero-order valence-corrected chi connectivity index (χ0v) is 9.52. The van der Waals surface area contributed by atoms with E-state index in [-0.39, 0.29) is 5.25 Å². The molecule has 2 saturated carbocycles. The summed E-state index contributed by atoms with van der Waals surface area (Å²) in [5, 5.41) is -0.103. The lowest BCUT2D eigenvalue weighted by atomic mass is 9.85. The fraction of sp³-hybridized carbons (Fsp3) is 1.00. The van der Waals surface area contributed by atoms with Gasteiger partial charge in [0.2, 0.25) is 10.0 Å². The Morgan fingerprint density at radius 1 is 1.07 bits per heavy atom. The third-order valence-electron chi connectivity index (χ3n) is 3.66. The van der Waals surface area contributed by atoms with Crippen LogP contribution in [0.5, 0.6) is 0 Å². The zero-order chi connectivity index (χ0) is 10.2. The van der Waals surface area contributed by atoms with Crippen LogP contribution in [0.4, 0.5) is 0 Å². The quantitative estimate of drug-likeness (QED) is 0.779. The number of nitrogens with one attached hydrogen (secondary N) is 1. The van der Waals surface area contributed by atoms with Crippen molar-refractivity contribution in [1.29, 1.82) is 0 Å². The van der Waals surface area contributed by atoms with Crippen molar-refractivity contribution in [3.8, 4) is 0 Å². The van der Waals surface area contributed by atoms with E-state index in [4.69, 9.17) is 0 Å². The zero-order valence-electron chi connectivity index (χ0n) is 8.70. The largest absolute Gasteiger partial charge is 0.218 e. The van der Waals surface area contributed by atoms with Crippen molar-refractivity contribution in [2.45, 2.75) is 43.8 Å². The van der Waals surface area contributed by atoms with Gasteiger partial charge < -0.3 is 0 Å². The molecule has 0 bridgehead atoms. The van der Waals surface area contributed by atoms with Crippen LogP contribution in [0.3, 0.4) is 0 Å². The molecule has 4 heteroatoms. The fourth-order valence-electron chi connectivity index (χ4n) is 2.73. The molecular formula is C10H19NO2S. The molecule has 0 spiro atoms. The van der Waals surface area contributed by atoms with Crippen LogP contribution in [0.25, 0.3) is 0 Å². The smallest absolute Gasteiger partial charge is 0.214 e. The summed E-state index contributed by atoms with van der Waals surface area (Å²) in [6.45, 7) is 0. The second-order valence-electron chi connectivity index (χ2n) is 4.57. The molecule has 0 radical (unpaired) electrons. The lowest BCUT2D eigenvalue weighted by Crippen LogP contribution is -2.40. The molecule has 0 aromatic rings. The minimum absolute atomic E-state index is 0.103. The average molecular weight is 217 g/mol. The molecule has 0 aliphatic heterocycles. The first-order chi connectivity index (χ1) is 6.65. The van der Waals surface area contributed by atoms with E-state index in [9.17, 15) is 8.42 Å². The van der Waals surface area contributed by atoms with Crippen LogP contribution >= 0.6 is 0 Å². The first-order valence-corrected chi connectivity index (χ1v) is 7.12. The van der Waals surface area contributed by atoms with E-state index in [0.29, 0.717) is 11.8 Å². The maximum Gasteiger partial charge on any atom is 0.214 e. The lowest BCUT2D eigenvalue weighted by molar-refractivity contribution is 0.321. The van der Waals surface area contributed by atoms with Crippen LogP contribution in [-0.4, -0.2) is 20.7 Å². The van der Waals surface area contributed by atoms with Gasteiger partial charge in [-0.15, -0.1) is 0 Å². The van der Waals surface area contributed by atoms with Crippen molar-refractivity contribution in [1.82, 2.24) is 4.72 Å². The van der Waals surface area contributed by atoms with Crippen LogP contribution in [-0.2, 0) is 10.0 Å². The molecule has 3 nitrogen and oxygen atoms in total. The second-order valence-corrected chi connectivity index (χ2v) is 6.68. The van der Waals surface area contributed by atoms with Gasteiger partial charge in [-0.2, -0.15) is 0 Å². The minimum Gasteiger partial charge on any atom is -0.218 e. The molecule has 0 aromatic heterocycles. The highest BCUT2D eigenvalue weighted by molar-refractivity contribution is 7.90. The van der Waals surface area contributed by atoms with Crippen molar-refractivity contribution in [2.24, 2.45) is 11.8 Å². The number of sulfonamides is 1. The Morgan fingerprint density at radius 2 is 1.71 bits per heavy atom. The number of rotatable bonds is 3. The highest BCUT2D eigenvalue weighted by Gasteiger charge is 2.42. The summed E-state index contributed by atoms with van der Waals surface area (Å²) in [5.74, 6) is 1.16. The third-order valence-corrected chi connectivity index (χ3v) is 5.62.